The van der Waals surface area contributed by atoms with Gasteiger partial charge in [-0.2, -0.15) is 10.2 Å². The Kier molecular flexibility index (Phi) is 3.78. The quantitative estimate of drug-likeness (QED) is 0.569. The minimum absolute atomic E-state index is 0.229. The molecule has 3 heterocycles. The molecule has 0 saturated carbocycles. The smallest absolute Gasteiger partial charge is 0.291 e. The molecule has 1 amide bonds. The van der Waals surface area contributed by atoms with Gasteiger partial charge in [0.15, 0.2) is 11.5 Å². The number of nitrogens with zero attached hydrogens (tertiary/aromatic N) is 3. The van der Waals surface area contributed by atoms with Gasteiger partial charge in [-0.1, -0.05) is 6.07 Å². The number of amides is 1. The lowest BCUT2D eigenvalue weighted by Crippen LogP contribution is -2.18. The van der Waals surface area contributed by atoms with Gasteiger partial charge in [-0.25, -0.2) is 5.43 Å². The summed E-state index contributed by atoms with van der Waals surface area (Å²) in [7, 11) is 0. The summed E-state index contributed by atoms with van der Waals surface area (Å²) in [5, 5.41) is 10.6. The molecule has 110 valence electrons. The molecule has 7 nitrogen and oxygen atoms in total. The van der Waals surface area contributed by atoms with E-state index in [2.05, 4.69) is 25.7 Å². The van der Waals surface area contributed by atoms with Crippen LogP contribution in [0.4, 0.5) is 0 Å². The summed E-state index contributed by atoms with van der Waals surface area (Å²) < 4.78 is 5.46. The number of furan rings is 1. The van der Waals surface area contributed by atoms with Gasteiger partial charge in [-0.05, 0) is 25.1 Å². The predicted molar refractivity (Wildman–Crippen MR) is 80.3 cm³/mol. The average molecular weight is 295 g/mol. The summed E-state index contributed by atoms with van der Waals surface area (Å²) in [4.78, 5) is 15.9. The number of hydrazone groups is 1. The maximum absolute atomic E-state index is 11.9. The van der Waals surface area contributed by atoms with E-state index in [1.807, 2.05) is 25.1 Å². The van der Waals surface area contributed by atoms with Crippen LogP contribution >= 0.6 is 0 Å². The lowest BCUT2D eigenvalue weighted by atomic mass is 10.3. The summed E-state index contributed by atoms with van der Waals surface area (Å²) in [5.41, 5.74) is 4.06. The minimum Gasteiger partial charge on any atom is -0.460 e. The Balaban J connectivity index is 1.66. The maximum Gasteiger partial charge on any atom is 0.291 e. The lowest BCUT2D eigenvalue weighted by molar-refractivity contribution is 0.0950. The number of rotatable bonds is 4. The number of hydrogen-bond acceptors (Lipinski definition) is 5. The Morgan fingerprint density at radius 2 is 2.32 bits per heavy atom. The van der Waals surface area contributed by atoms with Crippen molar-refractivity contribution in [2.75, 3.05) is 0 Å². The third-order valence-corrected chi connectivity index (χ3v) is 2.88. The van der Waals surface area contributed by atoms with Crippen LogP contribution in [0.3, 0.4) is 0 Å². The van der Waals surface area contributed by atoms with Crippen molar-refractivity contribution >= 4 is 12.1 Å². The van der Waals surface area contributed by atoms with E-state index < -0.39 is 5.91 Å². The Labute approximate surface area is 126 Å². The number of aromatic amines is 1. The van der Waals surface area contributed by atoms with Crippen LogP contribution in [0.15, 0.2) is 52.2 Å². The van der Waals surface area contributed by atoms with Gasteiger partial charge in [0.25, 0.3) is 5.91 Å². The molecule has 0 aliphatic carbocycles. The van der Waals surface area contributed by atoms with Gasteiger partial charge in [0.2, 0.25) is 0 Å². The van der Waals surface area contributed by atoms with Crippen LogP contribution < -0.4 is 5.43 Å². The topological polar surface area (TPSA) is 96.2 Å². The zero-order chi connectivity index (χ0) is 15.4. The fourth-order valence-corrected chi connectivity index (χ4v) is 1.82. The first kappa shape index (κ1) is 13.7. The monoisotopic (exact) mass is 295 g/mol. The van der Waals surface area contributed by atoms with E-state index in [0.717, 1.165) is 11.3 Å². The van der Waals surface area contributed by atoms with E-state index >= 15 is 0 Å². The van der Waals surface area contributed by atoms with Crippen molar-refractivity contribution in [2.45, 2.75) is 6.92 Å². The first-order valence-corrected chi connectivity index (χ1v) is 6.58. The number of aryl methyl sites for hydroxylation is 1. The van der Waals surface area contributed by atoms with E-state index in [1.165, 1.54) is 6.21 Å². The van der Waals surface area contributed by atoms with Crippen LogP contribution in [-0.4, -0.2) is 27.3 Å². The van der Waals surface area contributed by atoms with Crippen molar-refractivity contribution in [3.05, 3.63) is 59.7 Å². The van der Waals surface area contributed by atoms with Gasteiger partial charge in [0.1, 0.15) is 11.5 Å². The van der Waals surface area contributed by atoms with Crippen molar-refractivity contribution < 1.29 is 9.21 Å². The fourth-order valence-electron chi connectivity index (χ4n) is 1.82. The molecule has 0 spiro atoms. The predicted octanol–water partition coefficient (Wildman–Crippen LogP) is 2.14. The molecule has 0 aliphatic rings. The number of pyridine rings is 1. The first-order chi connectivity index (χ1) is 10.7. The number of hydrogen-bond donors (Lipinski definition) is 2. The van der Waals surface area contributed by atoms with Crippen molar-refractivity contribution in [1.82, 2.24) is 20.6 Å². The number of carbonyl (C=O) groups excluding carboxylic acids is 1. The van der Waals surface area contributed by atoms with Gasteiger partial charge < -0.3 is 4.42 Å². The van der Waals surface area contributed by atoms with Crippen LogP contribution in [0.2, 0.25) is 0 Å². The number of carbonyl (C=O) groups is 1. The average Bonchev–Trinajstić information content (AvgIpc) is 3.17. The molecular formula is C15H13N5O2. The Hall–Kier alpha value is -3.22. The van der Waals surface area contributed by atoms with Crippen molar-refractivity contribution in [2.24, 2.45) is 5.10 Å². The summed E-state index contributed by atoms with van der Waals surface area (Å²) in [6.45, 7) is 1.85. The molecule has 22 heavy (non-hydrogen) atoms. The number of H-pyrrole nitrogens is 1. The maximum atomic E-state index is 11.9. The Bertz CT molecular complexity index is 804. The third kappa shape index (κ3) is 3.09. The van der Waals surface area contributed by atoms with Gasteiger partial charge in [0.05, 0.1) is 6.21 Å². The number of aromatic nitrogens is 3. The molecule has 7 heteroatoms. The van der Waals surface area contributed by atoms with Crippen LogP contribution in [-0.2, 0) is 0 Å². The molecule has 0 aliphatic heterocycles. The molecule has 3 aromatic rings. The normalized spacial score (nSPS) is 11.0. The highest BCUT2D eigenvalue weighted by Gasteiger charge is 2.12. The summed E-state index contributed by atoms with van der Waals surface area (Å²) in [6.07, 6.45) is 4.81. The molecule has 0 fully saturated rings. The molecule has 0 unspecified atom stereocenters. The SMILES string of the molecule is Cc1ccc(-c2cc(C(=O)NN=Cc3cccnc3)n[nH]2)o1. The van der Waals surface area contributed by atoms with Crippen molar-refractivity contribution in [3.8, 4) is 11.5 Å². The second kappa shape index (κ2) is 6.04. The van der Waals surface area contributed by atoms with Crippen LogP contribution in [0.25, 0.3) is 11.5 Å². The zero-order valence-corrected chi connectivity index (χ0v) is 11.8. The van der Waals surface area contributed by atoms with Crippen molar-refractivity contribution in [3.63, 3.8) is 0 Å². The summed E-state index contributed by atoms with van der Waals surface area (Å²) in [6, 6.07) is 8.87. The molecule has 3 aromatic heterocycles. The van der Waals surface area contributed by atoms with E-state index in [4.69, 9.17) is 4.42 Å². The van der Waals surface area contributed by atoms with Gasteiger partial charge >= 0.3 is 0 Å². The van der Waals surface area contributed by atoms with Crippen molar-refractivity contribution in [1.29, 1.82) is 0 Å². The van der Waals surface area contributed by atoms with E-state index in [1.54, 1.807) is 24.5 Å². The van der Waals surface area contributed by atoms with Crippen LogP contribution in [0.1, 0.15) is 21.8 Å². The summed E-state index contributed by atoms with van der Waals surface area (Å²) >= 11 is 0. The molecule has 0 atom stereocenters. The molecule has 0 bridgehead atoms. The van der Waals surface area contributed by atoms with Crippen LogP contribution in [0.5, 0.6) is 0 Å². The van der Waals surface area contributed by atoms with E-state index in [0.29, 0.717) is 11.5 Å². The standard InChI is InChI=1S/C15H13N5O2/c1-10-4-5-14(22-10)12-7-13(19-18-12)15(21)20-17-9-11-3-2-6-16-8-11/h2-9H,1H3,(H,18,19)(H,20,21). The van der Waals surface area contributed by atoms with Gasteiger partial charge in [-0.3, -0.25) is 14.9 Å². The minimum atomic E-state index is -0.411. The molecule has 2 N–H and O–H groups in total. The molecule has 0 aromatic carbocycles. The molecule has 0 saturated heterocycles. The molecule has 0 radical (unpaired) electrons. The second-order valence-corrected chi connectivity index (χ2v) is 4.56. The largest absolute Gasteiger partial charge is 0.460 e. The first-order valence-electron chi connectivity index (χ1n) is 6.58. The molecular weight excluding hydrogens is 282 g/mol. The number of nitrogens with one attached hydrogen (secondary N) is 2. The van der Waals surface area contributed by atoms with E-state index in [-0.39, 0.29) is 5.69 Å². The Morgan fingerprint density at radius 1 is 1.41 bits per heavy atom. The van der Waals surface area contributed by atoms with E-state index in [9.17, 15) is 4.79 Å². The van der Waals surface area contributed by atoms with Gasteiger partial charge in [-0.15, -0.1) is 0 Å². The molecule has 3 rings (SSSR count). The Morgan fingerprint density at radius 3 is 3.05 bits per heavy atom. The highest BCUT2D eigenvalue weighted by Crippen LogP contribution is 2.20. The third-order valence-electron chi connectivity index (χ3n) is 2.88. The highest BCUT2D eigenvalue weighted by atomic mass is 16.3. The lowest BCUT2D eigenvalue weighted by Gasteiger charge is -1.94. The zero-order valence-electron chi connectivity index (χ0n) is 11.8. The van der Waals surface area contributed by atoms with Gasteiger partial charge in [0, 0.05) is 24.0 Å². The summed E-state index contributed by atoms with van der Waals surface area (Å²) in [5.74, 6) is 1.01. The second-order valence-electron chi connectivity index (χ2n) is 4.56. The highest BCUT2D eigenvalue weighted by molar-refractivity contribution is 5.93. The fraction of sp³-hybridized carbons (Fsp3) is 0.0667. The van der Waals surface area contributed by atoms with Crippen LogP contribution in [0, 0.1) is 6.92 Å².